The molecule has 3 saturated heterocycles. The monoisotopic (exact) mass is 673 g/mol. The molecule has 0 amide bonds. The molecular weight excluding hydrogens is 622 g/mol. The van der Waals surface area contributed by atoms with Crippen LogP contribution < -0.4 is 28.7 Å². The van der Waals surface area contributed by atoms with Gasteiger partial charge in [0.1, 0.15) is 48.8 Å². The lowest BCUT2D eigenvalue weighted by Crippen LogP contribution is -2.67. The van der Waals surface area contributed by atoms with Crippen molar-refractivity contribution in [3.05, 3.63) is 0 Å². The minimum absolute atomic E-state index is 0.0530. The Morgan fingerprint density at radius 2 is 1.15 bits per heavy atom. The van der Waals surface area contributed by atoms with Crippen molar-refractivity contribution in [2.24, 2.45) is 34.6 Å². The number of aliphatic hydroxyl groups is 9. The van der Waals surface area contributed by atoms with Gasteiger partial charge in [-0.3, -0.25) is 0 Å². The summed E-state index contributed by atoms with van der Waals surface area (Å²) < 4.78 is 35.0. The first kappa shape index (κ1) is 38.0. The molecule has 3 heterocycles. The standard InChI is InChI=1S/C26H51N5O15/c27-3-11-18(38)19(39)15(31)25(41-11)45-22-13(6-34)43-26(20(22)40)46-23-17(37)9(28)2-10(29)21(23)44-24-14(30)16(36)8(1-7(35)4-32)12(5-33)42-24/h7-26,32-40H,1-6,27-31H2/t7?,8-,9-,10?,11+,12?,13-,14?,15?,16+,17?,18-,19?,20?,21-,22+,23-,24-,25-,26+/m1/s1. The summed E-state index contributed by atoms with van der Waals surface area (Å²) in [5.41, 5.74) is 30.3. The summed E-state index contributed by atoms with van der Waals surface area (Å²) in [6.45, 7) is -2.01. The van der Waals surface area contributed by atoms with Gasteiger partial charge in [0.2, 0.25) is 0 Å². The zero-order valence-electron chi connectivity index (χ0n) is 25.2. The Kier molecular flexibility index (Phi) is 13.4. The van der Waals surface area contributed by atoms with Crippen molar-refractivity contribution in [2.45, 2.75) is 129 Å². The van der Waals surface area contributed by atoms with Crippen LogP contribution >= 0.6 is 0 Å². The number of hydrogen-bond donors (Lipinski definition) is 14. The van der Waals surface area contributed by atoms with Gasteiger partial charge in [0.25, 0.3) is 0 Å². The predicted molar refractivity (Wildman–Crippen MR) is 152 cm³/mol. The van der Waals surface area contributed by atoms with E-state index in [9.17, 15) is 46.0 Å². The van der Waals surface area contributed by atoms with Crippen LogP contribution in [-0.4, -0.2) is 189 Å². The SMILES string of the molecule is NC[C@@H]1O[C@H](O[C@@H]2C(O)[C@H](O[C@@H]3C(O)[C@H](N)CC(N)[C@H]3O[C@H]3OC(CO)[C@@H](CC(O)CO)[C@H](O)C3N)O[C@@H]2CO)C(N)C(O)[C@@H]1O. The van der Waals surface area contributed by atoms with Crippen molar-refractivity contribution < 1.29 is 74.4 Å². The molecule has 0 radical (unpaired) electrons. The third-order valence-electron chi connectivity index (χ3n) is 9.26. The van der Waals surface area contributed by atoms with Crippen molar-refractivity contribution in [3.8, 4) is 0 Å². The fourth-order valence-electron chi connectivity index (χ4n) is 6.48. The molecule has 270 valence electrons. The Balaban J connectivity index is 1.49. The minimum atomic E-state index is -1.64. The lowest BCUT2D eigenvalue weighted by Gasteiger charge is -2.48. The van der Waals surface area contributed by atoms with Crippen LogP contribution in [0, 0.1) is 5.92 Å². The lowest BCUT2D eigenvalue weighted by atomic mass is 9.83. The maximum absolute atomic E-state index is 11.2. The van der Waals surface area contributed by atoms with Gasteiger partial charge in [-0.1, -0.05) is 0 Å². The minimum Gasteiger partial charge on any atom is -0.394 e. The molecule has 0 spiro atoms. The molecular formula is C26H51N5O15. The Bertz CT molecular complexity index is 946. The van der Waals surface area contributed by atoms with Crippen molar-refractivity contribution >= 4 is 0 Å². The molecule has 3 aliphatic heterocycles. The number of hydrogen-bond acceptors (Lipinski definition) is 20. The van der Waals surface area contributed by atoms with E-state index < -0.39 is 142 Å². The van der Waals surface area contributed by atoms with Gasteiger partial charge in [0, 0.05) is 24.5 Å². The predicted octanol–water partition coefficient (Wildman–Crippen LogP) is -8.86. The van der Waals surface area contributed by atoms with Crippen LogP contribution in [0.25, 0.3) is 0 Å². The third kappa shape index (κ3) is 7.82. The van der Waals surface area contributed by atoms with Crippen LogP contribution in [0.4, 0.5) is 0 Å². The second-order valence-corrected chi connectivity index (χ2v) is 12.4. The van der Waals surface area contributed by atoms with Gasteiger partial charge < -0.3 is 103 Å². The van der Waals surface area contributed by atoms with E-state index >= 15 is 0 Å². The fourth-order valence-corrected chi connectivity index (χ4v) is 6.48. The average molecular weight is 674 g/mol. The summed E-state index contributed by atoms with van der Waals surface area (Å²) in [5.74, 6) is -0.853. The summed E-state index contributed by atoms with van der Waals surface area (Å²) in [6.07, 6.45) is -20.1. The molecule has 0 bridgehead atoms. The quantitative estimate of drug-likeness (QED) is 0.0914. The van der Waals surface area contributed by atoms with E-state index in [4.69, 9.17) is 57.1 Å². The van der Waals surface area contributed by atoms with E-state index in [1.54, 1.807) is 0 Å². The molecule has 0 aromatic carbocycles. The summed E-state index contributed by atoms with van der Waals surface area (Å²) >= 11 is 0. The van der Waals surface area contributed by atoms with E-state index in [1.165, 1.54) is 0 Å². The van der Waals surface area contributed by atoms with Crippen LogP contribution in [0.3, 0.4) is 0 Å². The van der Waals surface area contributed by atoms with Crippen molar-refractivity contribution in [3.63, 3.8) is 0 Å². The largest absolute Gasteiger partial charge is 0.394 e. The molecule has 0 aromatic heterocycles. The molecule has 4 fully saturated rings. The summed E-state index contributed by atoms with van der Waals surface area (Å²) in [4.78, 5) is 0. The molecule has 46 heavy (non-hydrogen) atoms. The summed E-state index contributed by atoms with van der Waals surface area (Å²) in [7, 11) is 0. The van der Waals surface area contributed by atoms with E-state index in [-0.39, 0.29) is 19.4 Å². The molecule has 8 unspecified atom stereocenters. The lowest BCUT2D eigenvalue weighted by molar-refractivity contribution is -0.306. The van der Waals surface area contributed by atoms with Crippen molar-refractivity contribution in [2.75, 3.05) is 26.4 Å². The fraction of sp³-hybridized carbons (Fsp3) is 1.00. The summed E-state index contributed by atoms with van der Waals surface area (Å²) in [6, 6.07) is -4.29. The van der Waals surface area contributed by atoms with Gasteiger partial charge >= 0.3 is 0 Å². The molecule has 4 rings (SSSR count). The topological polar surface area (TPSA) is 368 Å². The maximum atomic E-state index is 11.2. The van der Waals surface area contributed by atoms with E-state index in [0.717, 1.165) is 0 Å². The molecule has 19 N–H and O–H groups in total. The van der Waals surface area contributed by atoms with Gasteiger partial charge in [0.05, 0.1) is 56.3 Å². The highest BCUT2D eigenvalue weighted by Crippen LogP contribution is 2.35. The zero-order valence-corrected chi connectivity index (χ0v) is 25.2. The number of aliphatic hydroxyl groups excluding tert-OH is 9. The van der Waals surface area contributed by atoms with Gasteiger partial charge in [-0.15, -0.1) is 0 Å². The molecule has 0 aromatic rings. The third-order valence-corrected chi connectivity index (χ3v) is 9.26. The molecule has 20 nitrogen and oxygen atoms in total. The number of rotatable bonds is 12. The van der Waals surface area contributed by atoms with Crippen molar-refractivity contribution in [1.82, 2.24) is 0 Å². The second kappa shape index (κ2) is 16.3. The highest BCUT2D eigenvalue weighted by molar-refractivity contribution is 5.02. The number of ether oxygens (including phenoxy) is 6. The zero-order chi connectivity index (χ0) is 34.0. The van der Waals surface area contributed by atoms with Crippen LogP contribution in [0.15, 0.2) is 0 Å². The van der Waals surface area contributed by atoms with Crippen LogP contribution in [0.5, 0.6) is 0 Å². The Hall–Kier alpha value is -0.800. The molecule has 4 aliphatic rings. The highest BCUT2D eigenvalue weighted by atomic mass is 16.8. The smallest absolute Gasteiger partial charge is 0.187 e. The van der Waals surface area contributed by atoms with Crippen LogP contribution in [0.2, 0.25) is 0 Å². The Labute approximate surface area is 264 Å². The van der Waals surface area contributed by atoms with E-state index in [0.29, 0.717) is 0 Å². The average Bonchev–Trinajstić information content (AvgIpc) is 3.33. The van der Waals surface area contributed by atoms with Gasteiger partial charge in [-0.25, -0.2) is 0 Å². The first-order valence-electron chi connectivity index (χ1n) is 15.3. The number of nitrogens with two attached hydrogens (primary N) is 5. The van der Waals surface area contributed by atoms with E-state index in [2.05, 4.69) is 0 Å². The van der Waals surface area contributed by atoms with Crippen molar-refractivity contribution in [1.29, 1.82) is 0 Å². The van der Waals surface area contributed by atoms with Gasteiger partial charge in [-0.2, -0.15) is 0 Å². The molecule has 20 atom stereocenters. The molecule has 1 saturated carbocycles. The molecule has 1 aliphatic carbocycles. The molecule has 20 heteroatoms. The van der Waals surface area contributed by atoms with E-state index in [1.807, 2.05) is 0 Å². The van der Waals surface area contributed by atoms with Crippen LogP contribution in [0.1, 0.15) is 12.8 Å². The van der Waals surface area contributed by atoms with Crippen LogP contribution in [-0.2, 0) is 28.4 Å². The highest BCUT2D eigenvalue weighted by Gasteiger charge is 2.54. The maximum Gasteiger partial charge on any atom is 0.187 e. The normalized spacial score (nSPS) is 50.9. The van der Waals surface area contributed by atoms with Gasteiger partial charge in [0.15, 0.2) is 18.9 Å². The Morgan fingerprint density at radius 3 is 1.74 bits per heavy atom. The Morgan fingerprint density at radius 1 is 0.609 bits per heavy atom. The van der Waals surface area contributed by atoms with Gasteiger partial charge in [-0.05, 0) is 12.8 Å². The first-order valence-corrected chi connectivity index (χ1v) is 15.3. The second-order valence-electron chi connectivity index (χ2n) is 12.4. The first-order chi connectivity index (χ1) is 21.8. The summed E-state index contributed by atoms with van der Waals surface area (Å²) in [5, 5.41) is 92.7.